The fourth-order valence-electron chi connectivity index (χ4n) is 6.66. The van der Waals surface area contributed by atoms with E-state index in [0.717, 1.165) is 42.7 Å². The second kappa shape index (κ2) is 9.85. The maximum atomic E-state index is 14.5. The van der Waals surface area contributed by atoms with E-state index in [2.05, 4.69) is 44.7 Å². The van der Waals surface area contributed by atoms with Gasteiger partial charge in [-0.25, -0.2) is 0 Å². The Labute approximate surface area is 215 Å². The lowest BCUT2D eigenvalue weighted by Gasteiger charge is -2.40. The molecule has 2 aromatic rings. The number of unbranched alkanes of at least 4 members (excludes halogenated alkanes) is 1. The van der Waals surface area contributed by atoms with Crippen LogP contribution in [0.25, 0.3) is 0 Å². The smallest absolute Gasteiger partial charge is 0.232 e. The van der Waals surface area contributed by atoms with Crippen molar-refractivity contribution in [1.29, 1.82) is 0 Å². The first-order chi connectivity index (χ1) is 17.5. The van der Waals surface area contributed by atoms with Crippen molar-refractivity contribution in [2.45, 2.75) is 76.8 Å². The first-order valence-electron chi connectivity index (χ1n) is 13.3. The molecule has 36 heavy (non-hydrogen) atoms. The highest BCUT2D eigenvalue weighted by Crippen LogP contribution is 2.60. The molecule has 2 bridgehead atoms. The zero-order valence-corrected chi connectivity index (χ0v) is 21.8. The molecule has 0 unspecified atom stereocenters. The topological polar surface area (TPSA) is 51.1 Å². The van der Waals surface area contributed by atoms with Crippen molar-refractivity contribution in [3.05, 3.63) is 78.4 Å². The lowest BCUT2D eigenvalue weighted by atomic mass is 9.66. The molecule has 1 aliphatic carbocycles. The Balaban J connectivity index is 1.61. The molecule has 3 aliphatic rings. The van der Waals surface area contributed by atoms with Crippen LogP contribution in [0.2, 0.25) is 0 Å². The SMILES string of the molecule is C=CC[C@]12C[C@@]3(O[C@H](CCCC)N=C3C[C@H](c3ccc(OC)cc3)[C@H]1C)N(Cc1ccccc1)C2=O. The van der Waals surface area contributed by atoms with Gasteiger partial charge in [0, 0.05) is 13.0 Å². The predicted molar refractivity (Wildman–Crippen MR) is 143 cm³/mol. The van der Waals surface area contributed by atoms with Crippen LogP contribution in [0.1, 0.15) is 69.4 Å². The molecule has 1 saturated heterocycles. The Kier molecular flexibility index (Phi) is 6.78. The summed E-state index contributed by atoms with van der Waals surface area (Å²) in [6.45, 7) is 9.03. The number of carbonyl (C=O) groups excluding carboxylic acids is 1. The summed E-state index contributed by atoms with van der Waals surface area (Å²) in [5.74, 6) is 1.26. The van der Waals surface area contributed by atoms with Crippen LogP contribution >= 0.6 is 0 Å². The van der Waals surface area contributed by atoms with Crippen molar-refractivity contribution >= 4 is 11.6 Å². The molecule has 1 saturated carbocycles. The fourth-order valence-corrected chi connectivity index (χ4v) is 6.66. The van der Waals surface area contributed by atoms with Gasteiger partial charge in [-0.2, -0.15) is 0 Å². The van der Waals surface area contributed by atoms with Crippen LogP contribution in [-0.4, -0.2) is 35.6 Å². The lowest BCUT2D eigenvalue weighted by molar-refractivity contribution is -0.152. The zero-order valence-electron chi connectivity index (χ0n) is 21.8. The molecular formula is C31H38N2O3. The molecule has 2 heterocycles. The molecule has 0 N–H and O–H groups in total. The quantitative estimate of drug-likeness (QED) is 0.380. The highest BCUT2D eigenvalue weighted by atomic mass is 16.6. The van der Waals surface area contributed by atoms with Gasteiger partial charge in [-0.1, -0.05) is 68.8 Å². The summed E-state index contributed by atoms with van der Waals surface area (Å²) >= 11 is 0. The van der Waals surface area contributed by atoms with Crippen LogP contribution < -0.4 is 4.74 Å². The highest BCUT2D eigenvalue weighted by molar-refractivity contribution is 6.02. The number of carbonyl (C=O) groups is 1. The summed E-state index contributed by atoms with van der Waals surface area (Å²) in [4.78, 5) is 21.7. The molecule has 0 radical (unpaired) electrons. The van der Waals surface area contributed by atoms with Crippen LogP contribution in [0.5, 0.6) is 5.75 Å². The Morgan fingerprint density at radius 1 is 1.19 bits per heavy atom. The number of allylic oxidation sites excluding steroid dienone is 1. The van der Waals surface area contributed by atoms with Crippen molar-refractivity contribution in [1.82, 2.24) is 4.90 Å². The Bertz CT molecular complexity index is 1130. The average Bonchev–Trinajstić information content (AvgIpc) is 3.33. The van der Waals surface area contributed by atoms with Gasteiger partial charge in [-0.3, -0.25) is 9.79 Å². The van der Waals surface area contributed by atoms with E-state index >= 15 is 0 Å². The number of fused-ring (bicyclic) bond motifs is 1. The minimum absolute atomic E-state index is 0.0973. The standard InChI is InChI=1S/C31H38N2O3/c1-5-7-13-28-32-27-19-26(24-14-16-25(35-4)17-15-24)22(3)30(18-6-2)21-31(27,36-28)33(29(30)34)20-23-11-9-8-10-12-23/h6,8-12,14-17,22,26,28H,2,5,7,13,18-21H2,1,3-4H3/t22-,26+,28-,30+,31+/m1/s1. The average molecular weight is 487 g/mol. The molecule has 5 nitrogen and oxygen atoms in total. The van der Waals surface area contributed by atoms with E-state index in [1.54, 1.807) is 7.11 Å². The first kappa shape index (κ1) is 24.8. The molecular weight excluding hydrogens is 448 g/mol. The molecule has 2 aromatic carbocycles. The third kappa shape index (κ3) is 3.98. The zero-order chi connectivity index (χ0) is 25.3. The number of hydrogen-bond acceptors (Lipinski definition) is 4. The summed E-state index contributed by atoms with van der Waals surface area (Å²) in [7, 11) is 1.69. The number of amides is 1. The van der Waals surface area contributed by atoms with E-state index in [-0.39, 0.29) is 24.0 Å². The summed E-state index contributed by atoms with van der Waals surface area (Å²) in [5, 5.41) is 0. The predicted octanol–water partition coefficient (Wildman–Crippen LogP) is 6.50. The van der Waals surface area contributed by atoms with Gasteiger partial charge in [0.25, 0.3) is 0 Å². The van der Waals surface area contributed by atoms with Gasteiger partial charge in [0.2, 0.25) is 5.91 Å². The summed E-state index contributed by atoms with van der Waals surface area (Å²) < 4.78 is 12.3. The van der Waals surface area contributed by atoms with Gasteiger partial charge in [0.05, 0.1) is 18.2 Å². The van der Waals surface area contributed by atoms with E-state index < -0.39 is 11.1 Å². The monoisotopic (exact) mass is 486 g/mol. The maximum absolute atomic E-state index is 14.5. The van der Waals surface area contributed by atoms with E-state index in [1.807, 2.05) is 41.3 Å². The van der Waals surface area contributed by atoms with E-state index in [1.165, 1.54) is 5.56 Å². The van der Waals surface area contributed by atoms with Crippen molar-refractivity contribution in [3.63, 3.8) is 0 Å². The maximum Gasteiger partial charge on any atom is 0.232 e. The van der Waals surface area contributed by atoms with Crippen molar-refractivity contribution < 1.29 is 14.3 Å². The molecule has 5 atom stereocenters. The molecule has 2 aliphatic heterocycles. The van der Waals surface area contributed by atoms with Gasteiger partial charge < -0.3 is 14.4 Å². The highest BCUT2D eigenvalue weighted by Gasteiger charge is 2.68. The van der Waals surface area contributed by atoms with Crippen molar-refractivity contribution in [2.75, 3.05) is 7.11 Å². The van der Waals surface area contributed by atoms with E-state index in [9.17, 15) is 4.79 Å². The first-order valence-corrected chi connectivity index (χ1v) is 13.3. The molecule has 1 spiro atoms. The summed E-state index contributed by atoms with van der Waals surface area (Å²) in [6, 6.07) is 18.6. The van der Waals surface area contributed by atoms with Gasteiger partial charge in [-0.15, -0.1) is 6.58 Å². The van der Waals surface area contributed by atoms with Crippen LogP contribution in [0.3, 0.4) is 0 Å². The third-order valence-electron chi connectivity index (χ3n) is 8.67. The fraction of sp³-hybridized carbons (Fsp3) is 0.484. The van der Waals surface area contributed by atoms with Crippen LogP contribution in [0.4, 0.5) is 0 Å². The van der Waals surface area contributed by atoms with Crippen LogP contribution in [-0.2, 0) is 16.1 Å². The summed E-state index contributed by atoms with van der Waals surface area (Å²) in [6.07, 6.45) is 6.80. The normalized spacial score (nSPS) is 31.1. The van der Waals surface area contributed by atoms with E-state index in [0.29, 0.717) is 19.4 Å². The minimum Gasteiger partial charge on any atom is -0.497 e. The second-order valence-corrected chi connectivity index (χ2v) is 10.6. The van der Waals surface area contributed by atoms with Gasteiger partial charge in [0.15, 0.2) is 12.0 Å². The van der Waals surface area contributed by atoms with Gasteiger partial charge >= 0.3 is 0 Å². The number of methoxy groups -OCH3 is 1. The lowest BCUT2D eigenvalue weighted by Crippen LogP contribution is -2.52. The second-order valence-electron chi connectivity index (χ2n) is 10.6. The largest absolute Gasteiger partial charge is 0.497 e. The number of aliphatic imine (C=N–C) groups is 1. The number of hydrogen-bond donors (Lipinski definition) is 0. The molecule has 5 heteroatoms. The van der Waals surface area contributed by atoms with Gasteiger partial charge in [-0.05, 0) is 60.8 Å². The Hall–Kier alpha value is -2.92. The molecule has 1 amide bonds. The Morgan fingerprint density at radius 3 is 2.61 bits per heavy atom. The number of benzene rings is 2. The van der Waals surface area contributed by atoms with Crippen molar-refractivity contribution in [3.8, 4) is 5.75 Å². The van der Waals surface area contributed by atoms with Gasteiger partial charge in [0.1, 0.15) is 5.75 Å². The molecule has 190 valence electrons. The molecule has 2 fully saturated rings. The van der Waals surface area contributed by atoms with E-state index in [4.69, 9.17) is 14.5 Å². The number of nitrogens with zero attached hydrogens (tertiary/aromatic N) is 2. The number of rotatable bonds is 9. The number of ether oxygens (including phenoxy) is 2. The number of likely N-dealkylation sites (tertiary alicyclic amines) is 1. The van der Waals surface area contributed by atoms with Crippen molar-refractivity contribution in [2.24, 2.45) is 16.3 Å². The molecule has 0 aromatic heterocycles. The molecule has 5 rings (SSSR count). The summed E-state index contributed by atoms with van der Waals surface area (Å²) in [5.41, 5.74) is 1.99. The van der Waals surface area contributed by atoms with Crippen LogP contribution in [0.15, 0.2) is 72.2 Å². The van der Waals surface area contributed by atoms with Crippen LogP contribution in [0, 0.1) is 11.3 Å². The Morgan fingerprint density at radius 2 is 1.94 bits per heavy atom. The minimum atomic E-state index is -0.788. The third-order valence-corrected chi connectivity index (χ3v) is 8.67.